The van der Waals surface area contributed by atoms with E-state index in [9.17, 15) is 13.5 Å². The van der Waals surface area contributed by atoms with Crippen molar-refractivity contribution in [2.45, 2.75) is 25.9 Å². The Morgan fingerprint density at radius 3 is 2.25 bits per heavy atom. The van der Waals surface area contributed by atoms with E-state index in [1.165, 1.54) is 8.61 Å². The molecule has 3 N–H and O–H groups in total. The highest BCUT2D eigenvalue weighted by atomic mass is 32.2. The first-order valence-corrected chi connectivity index (χ1v) is 8.43. The molecule has 120 valence electrons. The van der Waals surface area contributed by atoms with Gasteiger partial charge in [-0.25, -0.2) is 0 Å². The highest BCUT2D eigenvalue weighted by molar-refractivity contribution is 7.86. The fraction of sp³-hybridized carbons (Fsp3) is 1.00. The van der Waals surface area contributed by atoms with Crippen molar-refractivity contribution in [2.75, 3.05) is 52.9 Å². The lowest BCUT2D eigenvalue weighted by Gasteiger charge is -2.37. The SMILES string of the molecule is CN(CCCN)S(=O)(=O)N1CCN(CC(C)(C)O)CC1. The quantitative estimate of drug-likeness (QED) is 0.623. The van der Waals surface area contributed by atoms with Crippen molar-refractivity contribution in [3.05, 3.63) is 0 Å². The molecule has 0 atom stereocenters. The van der Waals surface area contributed by atoms with Crippen LogP contribution in [0.3, 0.4) is 0 Å². The number of aliphatic hydroxyl groups is 1. The molecule has 0 amide bonds. The van der Waals surface area contributed by atoms with Gasteiger partial charge in [0.1, 0.15) is 0 Å². The van der Waals surface area contributed by atoms with Crippen LogP contribution in [0.25, 0.3) is 0 Å². The summed E-state index contributed by atoms with van der Waals surface area (Å²) in [6, 6.07) is 0. The number of rotatable bonds is 7. The molecule has 1 aliphatic rings. The summed E-state index contributed by atoms with van der Waals surface area (Å²) in [5.74, 6) is 0. The first kappa shape index (κ1) is 17.8. The Morgan fingerprint density at radius 1 is 1.25 bits per heavy atom. The summed E-state index contributed by atoms with van der Waals surface area (Å²) in [7, 11) is -1.79. The highest BCUT2D eigenvalue weighted by Crippen LogP contribution is 2.13. The van der Waals surface area contributed by atoms with Gasteiger partial charge in [0, 0.05) is 46.3 Å². The van der Waals surface area contributed by atoms with Gasteiger partial charge in [0.2, 0.25) is 0 Å². The molecule has 0 spiro atoms. The van der Waals surface area contributed by atoms with E-state index >= 15 is 0 Å². The van der Waals surface area contributed by atoms with Crippen LogP contribution in [0.4, 0.5) is 0 Å². The van der Waals surface area contributed by atoms with Crippen molar-refractivity contribution in [3.8, 4) is 0 Å². The zero-order valence-electron chi connectivity index (χ0n) is 12.7. The van der Waals surface area contributed by atoms with Crippen LogP contribution in [-0.2, 0) is 10.2 Å². The number of hydrogen-bond acceptors (Lipinski definition) is 5. The molecule has 8 heteroatoms. The van der Waals surface area contributed by atoms with Crippen molar-refractivity contribution < 1.29 is 13.5 Å². The molecule has 1 heterocycles. The molecule has 0 aromatic rings. The molecular weight excluding hydrogens is 280 g/mol. The number of nitrogens with two attached hydrogens (primary N) is 1. The Labute approximate surface area is 122 Å². The smallest absolute Gasteiger partial charge is 0.281 e. The minimum absolute atomic E-state index is 0.447. The van der Waals surface area contributed by atoms with Crippen LogP contribution in [0.5, 0.6) is 0 Å². The molecule has 1 rings (SSSR count). The molecule has 0 aliphatic carbocycles. The third kappa shape index (κ3) is 5.27. The molecule has 0 unspecified atom stereocenters. The molecule has 1 fully saturated rings. The maximum Gasteiger partial charge on any atom is 0.281 e. The van der Waals surface area contributed by atoms with Crippen LogP contribution >= 0.6 is 0 Å². The van der Waals surface area contributed by atoms with Crippen LogP contribution in [0.15, 0.2) is 0 Å². The summed E-state index contributed by atoms with van der Waals surface area (Å²) in [6.45, 7) is 7.23. The molecular formula is C12H28N4O3S. The molecule has 7 nitrogen and oxygen atoms in total. The summed E-state index contributed by atoms with van der Waals surface area (Å²) in [4.78, 5) is 2.09. The van der Waals surface area contributed by atoms with Gasteiger partial charge in [-0.3, -0.25) is 4.90 Å². The molecule has 1 aliphatic heterocycles. The predicted molar refractivity (Wildman–Crippen MR) is 79.5 cm³/mol. The number of piperazine rings is 1. The van der Waals surface area contributed by atoms with Crippen molar-refractivity contribution in [1.29, 1.82) is 0 Å². The van der Waals surface area contributed by atoms with Gasteiger partial charge in [-0.1, -0.05) is 0 Å². The van der Waals surface area contributed by atoms with Gasteiger partial charge in [-0.2, -0.15) is 17.0 Å². The first-order chi connectivity index (χ1) is 9.16. The summed E-state index contributed by atoms with van der Waals surface area (Å²) < 4.78 is 27.5. The minimum Gasteiger partial charge on any atom is -0.389 e. The van der Waals surface area contributed by atoms with Crippen LogP contribution in [0.2, 0.25) is 0 Å². The third-order valence-corrected chi connectivity index (χ3v) is 5.33. The van der Waals surface area contributed by atoms with Gasteiger partial charge in [0.05, 0.1) is 5.60 Å². The molecule has 0 aromatic carbocycles. The molecule has 1 saturated heterocycles. The van der Waals surface area contributed by atoms with E-state index < -0.39 is 15.8 Å². The lowest BCUT2D eigenvalue weighted by atomic mass is 10.1. The average molecular weight is 308 g/mol. The van der Waals surface area contributed by atoms with E-state index in [1.54, 1.807) is 20.9 Å². The van der Waals surface area contributed by atoms with E-state index in [4.69, 9.17) is 5.73 Å². The van der Waals surface area contributed by atoms with E-state index in [-0.39, 0.29) is 0 Å². The summed E-state index contributed by atoms with van der Waals surface area (Å²) in [5, 5.41) is 9.79. The predicted octanol–water partition coefficient (Wildman–Crippen LogP) is -1.10. The Balaban J connectivity index is 2.51. The van der Waals surface area contributed by atoms with E-state index in [0.717, 1.165) is 0 Å². The second-order valence-corrected chi connectivity index (χ2v) is 7.99. The zero-order chi connectivity index (χ0) is 15.4. The fourth-order valence-electron chi connectivity index (χ4n) is 2.29. The maximum absolute atomic E-state index is 12.3. The van der Waals surface area contributed by atoms with Gasteiger partial charge in [0.25, 0.3) is 10.2 Å². The molecule has 0 bridgehead atoms. The van der Waals surface area contributed by atoms with Gasteiger partial charge >= 0.3 is 0 Å². The lowest BCUT2D eigenvalue weighted by Crippen LogP contribution is -2.54. The summed E-state index contributed by atoms with van der Waals surface area (Å²) in [6.07, 6.45) is 0.661. The highest BCUT2D eigenvalue weighted by Gasteiger charge is 2.31. The number of β-amino-alcohol motifs (C(OH)–C–C–N with tert-alkyl or cyclic N) is 1. The van der Waals surface area contributed by atoms with Crippen LogP contribution in [0.1, 0.15) is 20.3 Å². The van der Waals surface area contributed by atoms with Crippen molar-refractivity contribution in [3.63, 3.8) is 0 Å². The first-order valence-electron chi connectivity index (χ1n) is 7.03. The van der Waals surface area contributed by atoms with E-state index in [2.05, 4.69) is 4.90 Å². The Bertz CT molecular complexity index is 386. The van der Waals surface area contributed by atoms with Crippen LogP contribution in [-0.4, -0.2) is 85.5 Å². The summed E-state index contributed by atoms with van der Waals surface area (Å²) in [5.41, 5.74) is 4.66. The normalized spacial score (nSPS) is 19.7. The van der Waals surface area contributed by atoms with Crippen molar-refractivity contribution in [1.82, 2.24) is 13.5 Å². The van der Waals surface area contributed by atoms with Gasteiger partial charge < -0.3 is 10.8 Å². The molecule has 0 aromatic heterocycles. The Hall–Kier alpha value is -0.250. The number of hydrogen-bond donors (Lipinski definition) is 2. The van der Waals surface area contributed by atoms with Crippen molar-refractivity contribution >= 4 is 10.2 Å². The molecule has 0 saturated carbocycles. The largest absolute Gasteiger partial charge is 0.389 e. The van der Waals surface area contributed by atoms with Crippen LogP contribution < -0.4 is 5.73 Å². The number of nitrogens with zero attached hydrogens (tertiary/aromatic N) is 3. The molecule has 0 radical (unpaired) electrons. The lowest BCUT2D eigenvalue weighted by molar-refractivity contribution is 0.0259. The standard InChI is InChI=1S/C12H28N4O3S/c1-12(2,17)11-15-7-9-16(10-8-15)20(18,19)14(3)6-4-5-13/h17H,4-11,13H2,1-3H3. The molecule has 20 heavy (non-hydrogen) atoms. The topological polar surface area (TPSA) is 90.1 Å². The Morgan fingerprint density at radius 2 is 1.80 bits per heavy atom. The fourth-order valence-corrected chi connectivity index (χ4v) is 3.67. The second-order valence-electron chi connectivity index (χ2n) is 5.96. The van der Waals surface area contributed by atoms with Gasteiger partial charge in [-0.05, 0) is 26.8 Å². The van der Waals surface area contributed by atoms with Crippen LogP contribution in [0, 0.1) is 0 Å². The zero-order valence-corrected chi connectivity index (χ0v) is 13.6. The van der Waals surface area contributed by atoms with E-state index in [1.807, 2.05) is 0 Å². The van der Waals surface area contributed by atoms with Gasteiger partial charge in [-0.15, -0.1) is 0 Å². The third-order valence-electron chi connectivity index (χ3n) is 3.34. The average Bonchev–Trinajstić information content (AvgIpc) is 2.34. The van der Waals surface area contributed by atoms with Crippen molar-refractivity contribution in [2.24, 2.45) is 5.73 Å². The maximum atomic E-state index is 12.3. The van der Waals surface area contributed by atoms with E-state index in [0.29, 0.717) is 52.2 Å². The second kappa shape index (κ2) is 7.15. The van der Waals surface area contributed by atoms with Gasteiger partial charge in [0.15, 0.2) is 0 Å². The minimum atomic E-state index is -3.38. The monoisotopic (exact) mass is 308 g/mol. The Kier molecular flexibility index (Phi) is 6.36. The summed E-state index contributed by atoms with van der Waals surface area (Å²) >= 11 is 0.